The number of rotatable bonds is 8. The van der Waals surface area contributed by atoms with Gasteiger partial charge in [0.15, 0.2) is 0 Å². The number of anilines is 2. The second kappa shape index (κ2) is 13.4. The number of hydrogen-bond acceptors (Lipinski definition) is 6. The molecule has 13 heteroatoms. The number of urea groups is 1. The average molecular weight is 617 g/mol. The summed E-state index contributed by atoms with van der Waals surface area (Å²) in [5.74, 6) is -1.25. The van der Waals surface area contributed by atoms with Gasteiger partial charge in [-0.2, -0.15) is 0 Å². The third kappa shape index (κ3) is 7.99. The van der Waals surface area contributed by atoms with E-state index in [2.05, 4.69) is 10.0 Å². The summed E-state index contributed by atoms with van der Waals surface area (Å²) in [5, 5.41) is 12.6. The number of likely N-dealkylation sites (N-methyl/N-ethyl adjacent to an activating group) is 1. The van der Waals surface area contributed by atoms with E-state index in [1.165, 1.54) is 41.3 Å². The van der Waals surface area contributed by atoms with Gasteiger partial charge in [0.2, 0.25) is 5.91 Å². The number of nitrogens with one attached hydrogen (secondary N) is 2. The Balaban J connectivity index is 1.61. The van der Waals surface area contributed by atoms with Crippen LogP contribution in [0.3, 0.4) is 0 Å². The van der Waals surface area contributed by atoms with Crippen LogP contribution in [-0.2, 0) is 21.2 Å². The summed E-state index contributed by atoms with van der Waals surface area (Å²) in [7, 11) is -2.47. The summed E-state index contributed by atoms with van der Waals surface area (Å²) in [6, 6.07) is 13.3. The molecular weight excluding hydrogens is 582 g/mol. The van der Waals surface area contributed by atoms with E-state index in [4.69, 9.17) is 4.74 Å². The Kier molecular flexibility index (Phi) is 9.87. The highest BCUT2D eigenvalue weighted by Crippen LogP contribution is 2.30. The van der Waals surface area contributed by atoms with Gasteiger partial charge in [-0.1, -0.05) is 6.92 Å². The van der Waals surface area contributed by atoms with Crippen molar-refractivity contribution in [3.8, 4) is 5.75 Å². The van der Waals surface area contributed by atoms with Crippen LogP contribution >= 0.6 is 0 Å². The molecule has 0 aromatic heterocycles. The number of fused-ring (bicyclic) bond motifs is 1. The maximum Gasteiger partial charge on any atom is 0.321 e. The van der Waals surface area contributed by atoms with Gasteiger partial charge in [-0.3, -0.25) is 9.52 Å². The minimum Gasteiger partial charge on any atom is -0.488 e. The largest absolute Gasteiger partial charge is 0.488 e. The van der Waals surface area contributed by atoms with Gasteiger partial charge in [0.25, 0.3) is 10.0 Å². The molecule has 1 aliphatic rings. The maximum atomic E-state index is 13.4. The summed E-state index contributed by atoms with van der Waals surface area (Å²) in [6.45, 7) is 3.67. The van der Waals surface area contributed by atoms with Crippen LogP contribution in [0.4, 0.5) is 25.0 Å². The number of carbonyl (C=O) groups is 2. The fraction of sp³-hybridized carbons (Fsp3) is 0.333. The van der Waals surface area contributed by atoms with Crippen LogP contribution < -0.4 is 14.8 Å². The van der Waals surface area contributed by atoms with E-state index >= 15 is 0 Å². The van der Waals surface area contributed by atoms with Crippen molar-refractivity contribution in [2.45, 2.75) is 37.3 Å². The SMILES string of the molecule is C[C@H]1CN([C@@H](C)CO)C(=O)Cc2cc(NS(=O)(=O)c3ccc(F)cc3)ccc2O[C@H]1CN(C)C(=O)Nc1ccc(F)cc1. The van der Waals surface area contributed by atoms with E-state index in [0.29, 0.717) is 17.0 Å². The van der Waals surface area contributed by atoms with Crippen LogP contribution in [0.25, 0.3) is 0 Å². The van der Waals surface area contributed by atoms with Gasteiger partial charge in [-0.15, -0.1) is 0 Å². The summed E-state index contributed by atoms with van der Waals surface area (Å²) < 4.78 is 61.2. The number of halogens is 2. The predicted molar refractivity (Wildman–Crippen MR) is 157 cm³/mol. The number of sulfonamides is 1. The first-order chi connectivity index (χ1) is 20.4. The molecule has 0 fully saturated rings. The molecule has 3 atom stereocenters. The molecule has 0 saturated heterocycles. The first-order valence-electron chi connectivity index (χ1n) is 13.6. The zero-order valence-corrected chi connectivity index (χ0v) is 24.8. The van der Waals surface area contributed by atoms with E-state index in [1.54, 1.807) is 24.9 Å². The average Bonchev–Trinajstić information content (AvgIpc) is 3.01. The second-order valence-corrected chi connectivity index (χ2v) is 12.3. The van der Waals surface area contributed by atoms with Gasteiger partial charge >= 0.3 is 6.03 Å². The molecule has 0 bridgehead atoms. The molecule has 3 aromatic rings. The van der Waals surface area contributed by atoms with Crippen molar-refractivity contribution < 1.29 is 36.6 Å². The Hall–Kier alpha value is -4.23. The lowest BCUT2D eigenvalue weighted by Gasteiger charge is -2.34. The van der Waals surface area contributed by atoms with Crippen LogP contribution in [0.2, 0.25) is 0 Å². The number of hydrogen-bond donors (Lipinski definition) is 3. The molecule has 0 unspecified atom stereocenters. The summed E-state index contributed by atoms with van der Waals surface area (Å²) in [6.07, 6.45) is -0.740. The highest BCUT2D eigenvalue weighted by molar-refractivity contribution is 7.92. The van der Waals surface area contributed by atoms with Gasteiger partial charge in [0, 0.05) is 36.4 Å². The Morgan fingerprint density at radius 2 is 1.67 bits per heavy atom. The second-order valence-electron chi connectivity index (χ2n) is 10.6. The third-order valence-electron chi connectivity index (χ3n) is 7.19. The number of aliphatic hydroxyl groups excluding tert-OH is 1. The highest BCUT2D eigenvalue weighted by Gasteiger charge is 2.32. The zero-order chi connectivity index (χ0) is 31.3. The standard InChI is InChI=1S/C30H34F2N4O6S/c1-19-16-36(20(2)18-37)29(38)15-21-14-25(34-43(40,41)26-11-6-23(32)7-12-26)10-13-27(21)42-28(19)17-35(3)30(39)33-24-8-4-22(31)5-9-24/h4-14,19-20,28,34,37H,15-18H2,1-3H3,(H,33,39)/t19-,20-,28-/m0/s1. The van der Waals surface area contributed by atoms with E-state index in [1.807, 2.05) is 6.92 Å². The van der Waals surface area contributed by atoms with Crippen molar-refractivity contribution in [2.75, 3.05) is 36.8 Å². The lowest BCUT2D eigenvalue weighted by molar-refractivity contribution is -0.134. The summed E-state index contributed by atoms with van der Waals surface area (Å²) >= 11 is 0. The molecule has 0 aliphatic carbocycles. The van der Waals surface area contributed by atoms with Crippen molar-refractivity contribution in [1.29, 1.82) is 0 Å². The maximum absolute atomic E-state index is 13.4. The van der Waals surface area contributed by atoms with Gasteiger partial charge in [-0.25, -0.2) is 22.0 Å². The van der Waals surface area contributed by atoms with Crippen molar-refractivity contribution in [1.82, 2.24) is 9.80 Å². The molecule has 43 heavy (non-hydrogen) atoms. The minimum atomic E-state index is -4.05. The molecule has 0 saturated carbocycles. The van der Waals surface area contributed by atoms with Crippen LogP contribution in [0, 0.1) is 17.6 Å². The Bertz CT molecular complexity index is 1550. The molecule has 230 valence electrons. The highest BCUT2D eigenvalue weighted by atomic mass is 32.2. The lowest BCUT2D eigenvalue weighted by atomic mass is 10.0. The number of amides is 3. The lowest BCUT2D eigenvalue weighted by Crippen LogP contribution is -2.48. The Morgan fingerprint density at radius 3 is 2.30 bits per heavy atom. The number of carbonyl (C=O) groups excluding carboxylic acids is 2. The van der Waals surface area contributed by atoms with Crippen molar-refractivity contribution in [2.24, 2.45) is 5.92 Å². The molecule has 3 N–H and O–H groups in total. The van der Waals surface area contributed by atoms with Gasteiger partial charge in [0.1, 0.15) is 23.5 Å². The molecule has 1 heterocycles. The third-order valence-corrected chi connectivity index (χ3v) is 8.59. The van der Waals surface area contributed by atoms with Gasteiger partial charge in [-0.05, 0) is 73.7 Å². The fourth-order valence-corrected chi connectivity index (χ4v) is 5.69. The molecule has 1 aliphatic heterocycles. The van der Waals surface area contributed by atoms with Crippen molar-refractivity contribution in [3.05, 3.63) is 83.9 Å². The number of ether oxygens (including phenoxy) is 1. The normalized spacial score (nSPS) is 17.9. The summed E-state index contributed by atoms with van der Waals surface area (Å²) in [5.41, 5.74) is 0.981. The van der Waals surface area contributed by atoms with Crippen LogP contribution in [0.5, 0.6) is 5.75 Å². The van der Waals surface area contributed by atoms with Gasteiger partial charge < -0.3 is 25.0 Å². The van der Waals surface area contributed by atoms with Crippen LogP contribution in [0.15, 0.2) is 71.6 Å². The smallest absolute Gasteiger partial charge is 0.321 e. The van der Waals surface area contributed by atoms with E-state index in [-0.39, 0.29) is 48.5 Å². The quantitative estimate of drug-likeness (QED) is 0.350. The van der Waals surface area contributed by atoms with Crippen molar-refractivity contribution in [3.63, 3.8) is 0 Å². The molecule has 3 amide bonds. The van der Waals surface area contributed by atoms with Gasteiger partial charge in [0.05, 0.1) is 30.5 Å². The molecule has 0 radical (unpaired) electrons. The first-order valence-corrected chi connectivity index (χ1v) is 15.1. The molecule has 10 nitrogen and oxygen atoms in total. The van der Waals surface area contributed by atoms with Crippen molar-refractivity contribution >= 4 is 33.3 Å². The Labute approximate surface area is 249 Å². The van der Waals surface area contributed by atoms with E-state index in [9.17, 15) is 31.9 Å². The monoisotopic (exact) mass is 616 g/mol. The first kappa shape index (κ1) is 31.7. The van der Waals surface area contributed by atoms with Crippen LogP contribution in [0.1, 0.15) is 19.4 Å². The molecular formula is C30H34F2N4O6S. The molecule has 0 spiro atoms. The number of benzene rings is 3. The minimum absolute atomic E-state index is 0.113. The predicted octanol–water partition coefficient (Wildman–Crippen LogP) is 4.08. The summed E-state index contributed by atoms with van der Waals surface area (Å²) in [4.78, 5) is 29.2. The molecule has 4 rings (SSSR count). The van der Waals surface area contributed by atoms with E-state index < -0.39 is 39.8 Å². The number of nitrogens with zero attached hydrogens (tertiary/aromatic N) is 2. The Morgan fingerprint density at radius 1 is 1.07 bits per heavy atom. The zero-order valence-electron chi connectivity index (χ0n) is 24.0. The van der Waals surface area contributed by atoms with E-state index in [0.717, 1.165) is 24.3 Å². The number of aliphatic hydroxyl groups is 1. The topological polar surface area (TPSA) is 128 Å². The molecule has 3 aromatic carbocycles. The fourth-order valence-electron chi connectivity index (χ4n) is 4.64. The van der Waals surface area contributed by atoms with Crippen LogP contribution in [-0.4, -0.2) is 74.2 Å².